The van der Waals surface area contributed by atoms with Gasteiger partial charge in [-0.2, -0.15) is 0 Å². The molecule has 4 rings (SSSR count). The third-order valence-corrected chi connectivity index (χ3v) is 7.17. The van der Waals surface area contributed by atoms with Crippen molar-refractivity contribution in [3.8, 4) is 11.1 Å². The number of halogens is 1. The standard InChI is InChI=1S/C30H35ClN2O/c1-21-18-22(2)29(23(3)19-21)32-30(34)33(28-8-6-4-5-7-9-28)20-24-10-12-25(13-11-24)26-14-16-27(31)17-15-26/h10-19,28H,4-9,20H2,1-3H3,(H,32,34). The fourth-order valence-electron chi connectivity index (χ4n) is 5.13. The summed E-state index contributed by atoms with van der Waals surface area (Å²) in [6, 6.07) is 21.0. The minimum atomic E-state index is 0.00345. The number of rotatable bonds is 5. The van der Waals surface area contributed by atoms with Crippen molar-refractivity contribution in [2.45, 2.75) is 71.9 Å². The van der Waals surface area contributed by atoms with Gasteiger partial charge in [-0.05, 0) is 73.6 Å². The van der Waals surface area contributed by atoms with Gasteiger partial charge in [0, 0.05) is 23.3 Å². The van der Waals surface area contributed by atoms with Crippen LogP contribution in [-0.2, 0) is 6.54 Å². The highest BCUT2D eigenvalue weighted by molar-refractivity contribution is 6.30. The van der Waals surface area contributed by atoms with Gasteiger partial charge < -0.3 is 10.2 Å². The first-order valence-electron chi connectivity index (χ1n) is 12.4. The molecule has 0 bridgehead atoms. The predicted octanol–water partition coefficient (Wildman–Crippen LogP) is 8.69. The van der Waals surface area contributed by atoms with E-state index in [-0.39, 0.29) is 12.1 Å². The van der Waals surface area contributed by atoms with E-state index in [1.54, 1.807) is 0 Å². The van der Waals surface area contributed by atoms with E-state index in [2.05, 4.69) is 67.4 Å². The number of urea groups is 1. The van der Waals surface area contributed by atoms with Crippen molar-refractivity contribution in [1.82, 2.24) is 4.90 Å². The molecule has 1 aliphatic rings. The summed E-state index contributed by atoms with van der Waals surface area (Å²) in [5.74, 6) is 0. The number of anilines is 1. The van der Waals surface area contributed by atoms with Crippen LogP contribution in [0, 0.1) is 20.8 Å². The van der Waals surface area contributed by atoms with Crippen LogP contribution in [-0.4, -0.2) is 17.0 Å². The molecule has 3 aromatic rings. The topological polar surface area (TPSA) is 32.3 Å². The largest absolute Gasteiger partial charge is 0.322 e. The zero-order chi connectivity index (χ0) is 24.1. The van der Waals surface area contributed by atoms with Crippen LogP contribution < -0.4 is 5.32 Å². The number of carbonyl (C=O) groups excluding carboxylic acids is 1. The van der Waals surface area contributed by atoms with E-state index in [9.17, 15) is 4.79 Å². The van der Waals surface area contributed by atoms with Crippen LogP contribution in [0.25, 0.3) is 11.1 Å². The summed E-state index contributed by atoms with van der Waals surface area (Å²) >= 11 is 6.04. The van der Waals surface area contributed by atoms with Gasteiger partial charge in [-0.25, -0.2) is 4.79 Å². The van der Waals surface area contributed by atoms with Crippen LogP contribution in [0.3, 0.4) is 0 Å². The molecule has 34 heavy (non-hydrogen) atoms. The van der Waals surface area contributed by atoms with Crippen LogP contribution in [0.5, 0.6) is 0 Å². The molecule has 0 atom stereocenters. The van der Waals surface area contributed by atoms with Gasteiger partial charge in [0.15, 0.2) is 0 Å². The number of benzene rings is 3. The fraction of sp³-hybridized carbons (Fsp3) is 0.367. The van der Waals surface area contributed by atoms with E-state index in [0.717, 1.165) is 51.4 Å². The highest BCUT2D eigenvalue weighted by atomic mass is 35.5. The van der Waals surface area contributed by atoms with Gasteiger partial charge in [0.2, 0.25) is 0 Å². The quantitative estimate of drug-likeness (QED) is 0.368. The average molecular weight is 475 g/mol. The molecule has 178 valence electrons. The Morgan fingerprint density at radius 3 is 1.94 bits per heavy atom. The molecular weight excluding hydrogens is 440 g/mol. The molecule has 4 heteroatoms. The lowest BCUT2D eigenvalue weighted by atomic mass is 10.0. The predicted molar refractivity (Wildman–Crippen MR) is 144 cm³/mol. The molecule has 0 aliphatic heterocycles. The third kappa shape index (κ3) is 6.01. The van der Waals surface area contributed by atoms with Crippen molar-refractivity contribution >= 4 is 23.3 Å². The molecule has 0 saturated heterocycles. The maximum atomic E-state index is 13.6. The normalized spacial score (nSPS) is 14.5. The summed E-state index contributed by atoms with van der Waals surface area (Å²) in [5, 5.41) is 4.00. The first-order chi connectivity index (χ1) is 16.4. The summed E-state index contributed by atoms with van der Waals surface area (Å²) in [4.78, 5) is 15.7. The fourth-order valence-corrected chi connectivity index (χ4v) is 5.26. The van der Waals surface area contributed by atoms with Crippen LogP contribution in [0.4, 0.5) is 10.5 Å². The van der Waals surface area contributed by atoms with Gasteiger partial charge in [-0.15, -0.1) is 0 Å². The molecule has 1 fully saturated rings. The zero-order valence-corrected chi connectivity index (χ0v) is 21.3. The number of hydrogen-bond acceptors (Lipinski definition) is 1. The smallest absolute Gasteiger partial charge is 0.317 e. The van der Waals surface area contributed by atoms with Crippen LogP contribution in [0.15, 0.2) is 60.7 Å². The summed E-state index contributed by atoms with van der Waals surface area (Å²) in [6.45, 7) is 6.85. The van der Waals surface area contributed by atoms with E-state index in [1.165, 1.54) is 31.2 Å². The second-order valence-electron chi connectivity index (χ2n) is 9.68. The number of amides is 2. The molecule has 0 heterocycles. The highest BCUT2D eigenvalue weighted by Crippen LogP contribution is 2.28. The SMILES string of the molecule is Cc1cc(C)c(NC(=O)N(Cc2ccc(-c3ccc(Cl)cc3)cc2)C2CCCCCC2)c(C)c1. The lowest BCUT2D eigenvalue weighted by Gasteiger charge is -2.32. The van der Waals surface area contributed by atoms with Crippen LogP contribution in [0.1, 0.15) is 60.8 Å². The van der Waals surface area contributed by atoms with Gasteiger partial charge in [0.05, 0.1) is 0 Å². The Morgan fingerprint density at radius 2 is 1.38 bits per heavy atom. The second kappa shape index (κ2) is 11.1. The molecule has 0 radical (unpaired) electrons. The Balaban J connectivity index is 1.56. The number of aryl methyl sites for hydroxylation is 3. The monoisotopic (exact) mass is 474 g/mol. The summed E-state index contributed by atoms with van der Waals surface area (Å²) in [5.41, 5.74) is 7.81. The molecule has 1 N–H and O–H groups in total. The van der Waals surface area contributed by atoms with Gasteiger partial charge in [-0.1, -0.05) is 91.4 Å². The van der Waals surface area contributed by atoms with Crippen LogP contribution >= 0.6 is 11.6 Å². The molecule has 2 amide bonds. The van der Waals surface area contributed by atoms with Crippen molar-refractivity contribution < 1.29 is 4.79 Å². The molecule has 3 aromatic carbocycles. The molecular formula is C30H35ClN2O. The first-order valence-corrected chi connectivity index (χ1v) is 12.8. The van der Waals surface area contributed by atoms with Crippen molar-refractivity contribution in [3.05, 3.63) is 87.9 Å². The number of nitrogens with zero attached hydrogens (tertiary/aromatic N) is 1. The van der Waals surface area contributed by atoms with E-state index in [1.807, 2.05) is 24.3 Å². The molecule has 1 aliphatic carbocycles. The van der Waals surface area contributed by atoms with Crippen molar-refractivity contribution in [3.63, 3.8) is 0 Å². The van der Waals surface area contributed by atoms with Crippen molar-refractivity contribution in [1.29, 1.82) is 0 Å². The number of hydrogen-bond donors (Lipinski definition) is 1. The van der Waals surface area contributed by atoms with E-state index < -0.39 is 0 Å². The number of nitrogens with one attached hydrogen (secondary N) is 1. The maximum absolute atomic E-state index is 13.6. The van der Waals surface area contributed by atoms with E-state index >= 15 is 0 Å². The maximum Gasteiger partial charge on any atom is 0.322 e. The Kier molecular flexibility index (Phi) is 7.95. The minimum Gasteiger partial charge on any atom is -0.317 e. The minimum absolute atomic E-state index is 0.00345. The van der Waals surface area contributed by atoms with Crippen LogP contribution in [0.2, 0.25) is 5.02 Å². The molecule has 0 unspecified atom stereocenters. The lowest BCUT2D eigenvalue weighted by molar-refractivity contribution is 0.175. The Morgan fingerprint density at radius 1 is 0.853 bits per heavy atom. The Bertz CT molecular complexity index is 1090. The third-order valence-electron chi connectivity index (χ3n) is 6.92. The lowest BCUT2D eigenvalue weighted by Crippen LogP contribution is -2.42. The molecule has 1 saturated carbocycles. The van der Waals surface area contributed by atoms with Gasteiger partial charge in [0.25, 0.3) is 0 Å². The number of carbonyl (C=O) groups is 1. The molecule has 0 spiro atoms. The molecule has 0 aromatic heterocycles. The summed E-state index contributed by atoms with van der Waals surface area (Å²) in [7, 11) is 0. The zero-order valence-electron chi connectivity index (χ0n) is 20.5. The summed E-state index contributed by atoms with van der Waals surface area (Å²) in [6.07, 6.45) is 7.04. The second-order valence-corrected chi connectivity index (χ2v) is 10.1. The van der Waals surface area contributed by atoms with Crippen molar-refractivity contribution in [2.24, 2.45) is 0 Å². The molecule has 3 nitrogen and oxygen atoms in total. The Hall–Kier alpha value is -2.78. The van der Waals surface area contributed by atoms with Crippen molar-refractivity contribution in [2.75, 3.05) is 5.32 Å². The van der Waals surface area contributed by atoms with Gasteiger partial charge in [-0.3, -0.25) is 0 Å². The first kappa shape index (κ1) is 24.3. The summed E-state index contributed by atoms with van der Waals surface area (Å²) < 4.78 is 0. The average Bonchev–Trinajstić information content (AvgIpc) is 3.10. The Labute approximate surface area is 209 Å². The van der Waals surface area contributed by atoms with Gasteiger partial charge >= 0.3 is 6.03 Å². The van der Waals surface area contributed by atoms with E-state index in [4.69, 9.17) is 11.6 Å². The van der Waals surface area contributed by atoms with Gasteiger partial charge in [0.1, 0.15) is 0 Å². The van der Waals surface area contributed by atoms with E-state index in [0.29, 0.717) is 6.54 Å². The highest BCUT2D eigenvalue weighted by Gasteiger charge is 2.25.